The fourth-order valence-electron chi connectivity index (χ4n) is 3.11. The van der Waals surface area contributed by atoms with Crippen molar-refractivity contribution >= 4 is 17.2 Å². The molecule has 0 aliphatic heterocycles. The molecule has 142 valence electrons. The number of ether oxygens (including phenoxy) is 1. The summed E-state index contributed by atoms with van der Waals surface area (Å²) in [5, 5.41) is 8.10. The van der Waals surface area contributed by atoms with Gasteiger partial charge in [-0.1, -0.05) is 57.2 Å². The van der Waals surface area contributed by atoms with Crippen LogP contribution in [0.25, 0.3) is 16.8 Å². The molecular weight excluding hydrogens is 348 g/mol. The highest BCUT2D eigenvalue weighted by molar-refractivity contribution is 5.78. The first-order chi connectivity index (χ1) is 13.5. The highest BCUT2D eigenvalue weighted by Crippen LogP contribution is 2.31. The number of aromatic nitrogens is 3. The van der Waals surface area contributed by atoms with Crippen LogP contribution in [0.1, 0.15) is 26.5 Å². The van der Waals surface area contributed by atoms with Gasteiger partial charge in [0.2, 0.25) is 0 Å². The van der Waals surface area contributed by atoms with E-state index in [-0.39, 0.29) is 5.41 Å². The molecule has 1 N–H and O–H groups in total. The minimum Gasteiger partial charge on any atom is -0.497 e. The van der Waals surface area contributed by atoms with Crippen LogP contribution in [-0.2, 0) is 5.41 Å². The normalized spacial score (nSPS) is 11.6. The highest BCUT2D eigenvalue weighted by Gasteiger charge is 2.20. The van der Waals surface area contributed by atoms with Gasteiger partial charge in [-0.25, -0.2) is 4.98 Å². The highest BCUT2D eigenvalue weighted by atomic mass is 16.5. The zero-order chi connectivity index (χ0) is 19.7. The first-order valence-electron chi connectivity index (χ1n) is 9.31. The Morgan fingerprint density at radius 3 is 2.46 bits per heavy atom. The molecule has 0 unspecified atom stereocenters. The number of anilines is 2. The van der Waals surface area contributed by atoms with Crippen LogP contribution in [0.5, 0.6) is 5.75 Å². The van der Waals surface area contributed by atoms with Crippen molar-refractivity contribution in [3.05, 3.63) is 72.6 Å². The molecule has 0 radical (unpaired) electrons. The second-order valence-electron chi connectivity index (χ2n) is 7.79. The SMILES string of the molecule is COc1cccc(Nc2cc(C(C)(C)C)nc3c(-c4ccccc4)cnn23)c1. The summed E-state index contributed by atoms with van der Waals surface area (Å²) in [6, 6.07) is 20.2. The Labute approximate surface area is 165 Å². The second kappa shape index (κ2) is 7.00. The van der Waals surface area contributed by atoms with Crippen LogP contribution >= 0.6 is 0 Å². The standard InChI is InChI=1S/C23H24N4O/c1-23(2,3)20-14-21(25-17-11-8-12-18(13-17)28-4)27-22(26-20)19(15-24-27)16-9-6-5-7-10-16/h5-15,25H,1-4H3. The Balaban J connectivity index is 1.88. The number of nitrogens with one attached hydrogen (secondary N) is 1. The second-order valence-corrected chi connectivity index (χ2v) is 7.79. The first-order valence-corrected chi connectivity index (χ1v) is 9.31. The summed E-state index contributed by atoms with van der Waals surface area (Å²) in [5.74, 6) is 1.67. The maximum atomic E-state index is 5.35. The maximum Gasteiger partial charge on any atom is 0.165 e. The van der Waals surface area contributed by atoms with Gasteiger partial charge in [0.05, 0.1) is 19.0 Å². The van der Waals surface area contributed by atoms with E-state index >= 15 is 0 Å². The Bertz CT molecular complexity index is 1110. The van der Waals surface area contributed by atoms with Crippen LogP contribution < -0.4 is 10.1 Å². The molecule has 2 heterocycles. The van der Waals surface area contributed by atoms with E-state index in [1.807, 2.05) is 53.2 Å². The third-order valence-electron chi connectivity index (χ3n) is 4.67. The minimum atomic E-state index is -0.0925. The summed E-state index contributed by atoms with van der Waals surface area (Å²) in [7, 11) is 1.67. The van der Waals surface area contributed by atoms with E-state index in [0.717, 1.165) is 39.7 Å². The average Bonchev–Trinajstić information content (AvgIpc) is 3.12. The van der Waals surface area contributed by atoms with Crippen molar-refractivity contribution in [1.82, 2.24) is 14.6 Å². The average molecular weight is 372 g/mol. The molecule has 0 saturated heterocycles. The van der Waals surface area contributed by atoms with Gasteiger partial charge in [-0.05, 0) is 17.7 Å². The molecule has 0 bridgehead atoms. The molecular formula is C23H24N4O. The monoisotopic (exact) mass is 372 g/mol. The molecule has 0 atom stereocenters. The van der Waals surface area contributed by atoms with Gasteiger partial charge >= 0.3 is 0 Å². The lowest BCUT2D eigenvalue weighted by atomic mass is 9.92. The van der Waals surface area contributed by atoms with Gasteiger partial charge in [0.15, 0.2) is 5.65 Å². The molecule has 0 aliphatic rings. The topological polar surface area (TPSA) is 51.5 Å². The summed E-state index contributed by atoms with van der Waals surface area (Å²) in [4.78, 5) is 4.95. The van der Waals surface area contributed by atoms with Gasteiger partial charge in [0.1, 0.15) is 11.6 Å². The molecule has 0 fully saturated rings. The molecule has 28 heavy (non-hydrogen) atoms. The number of rotatable bonds is 4. The number of benzene rings is 2. The third kappa shape index (κ3) is 3.43. The molecule has 2 aromatic carbocycles. The number of nitrogens with zero attached hydrogens (tertiary/aromatic N) is 3. The van der Waals surface area contributed by atoms with Crippen LogP contribution in [-0.4, -0.2) is 21.7 Å². The maximum absolute atomic E-state index is 5.35. The van der Waals surface area contributed by atoms with Crippen molar-refractivity contribution in [1.29, 1.82) is 0 Å². The van der Waals surface area contributed by atoms with Gasteiger partial charge < -0.3 is 10.1 Å². The van der Waals surface area contributed by atoms with Crippen LogP contribution in [0.3, 0.4) is 0 Å². The fraction of sp³-hybridized carbons (Fsp3) is 0.217. The Hall–Kier alpha value is -3.34. The minimum absolute atomic E-state index is 0.0925. The molecule has 5 heteroatoms. The van der Waals surface area contributed by atoms with E-state index < -0.39 is 0 Å². The van der Waals surface area contributed by atoms with Crippen molar-refractivity contribution in [2.45, 2.75) is 26.2 Å². The van der Waals surface area contributed by atoms with Crippen molar-refractivity contribution < 1.29 is 4.74 Å². The summed E-state index contributed by atoms with van der Waals surface area (Å²) in [5.41, 5.74) is 4.80. The van der Waals surface area contributed by atoms with E-state index in [9.17, 15) is 0 Å². The van der Waals surface area contributed by atoms with Crippen molar-refractivity contribution in [3.63, 3.8) is 0 Å². The molecule has 0 spiro atoms. The van der Waals surface area contributed by atoms with Crippen LogP contribution in [0.4, 0.5) is 11.5 Å². The van der Waals surface area contributed by atoms with Gasteiger partial charge in [-0.3, -0.25) is 0 Å². The first kappa shape index (κ1) is 18.0. The van der Waals surface area contributed by atoms with Gasteiger partial charge in [0, 0.05) is 28.8 Å². The van der Waals surface area contributed by atoms with Crippen LogP contribution in [0.15, 0.2) is 66.9 Å². The molecule has 5 nitrogen and oxygen atoms in total. The Morgan fingerprint density at radius 2 is 1.75 bits per heavy atom. The predicted octanol–water partition coefficient (Wildman–Crippen LogP) is 5.45. The summed E-state index contributed by atoms with van der Waals surface area (Å²) < 4.78 is 7.20. The smallest absolute Gasteiger partial charge is 0.165 e. The van der Waals surface area contributed by atoms with E-state index in [4.69, 9.17) is 9.72 Å². The van der Waals surface area contributed by atoms with E-state index in [1.165, 1.54) is 0 Å². The third-order valence-corrected chi connectivity index (χ3v) is 4.67. The fourth-order valence-corrected chi connectivity index (χ4v) is 3.11. The van der Waals surface area contributed by atoms with Crippen molar-refractivity contribution in [2.24, 2.45) is 0 Å². The summed E-state index contributed by atoms with van der Waals surface area (Å²) in [6.45, 7) is 6.50. The van der Waals surface area contributed by atoms with Crippen LogP contribution in [0, 0.1) is 0 Å². The number of methoxy groups -OCH3 is 1. The Kier molecular flexibility index (Phi) is 4.51. The lowest BCUT2D eigenvalue weighted by Gasteiger charge is -2.20. The zero-order valence-corrected chi connectivity index (χ0v) is 16.6. The van der Waals surface area contributed by atoms with Gasteiger partial charge in [0.25, 0.3) is 0 Å². The molecule has 0 amide bonds. The molecule has 4 aromatic rings. The van der Waals surface area contributed by atoms with Crippen molar-refractivity contribution in [2.75, 3.05) is 12.4 Å². The molecule has 0 saturated carbocycles. The van der Waals surface area contributed by atoms with Gasteiger partial charge in [-0.2, -0.15) is 9.61 Å². The summed E-state index contributed by atoms with van der Waals surface area (Å²) in [6.07, 6.45) is 1.88. The number of hydrogen-bond donors (Lipinski definition) is 1. The number of fused-ring (bicyclic) bond motifs is 1. The molecule has 0 aliphatic carbocycles. The van der Waals surface area contributed by atoms with Gasteiger partial charge in [-0.15, -0.1) is 0 Å². The predicted molar refractivity (Wildman–Crippen MR) is 113 cm³/mol. The van der Waals surface area contributed by atoms with E-state index in [2.05, 4.69) is 49.4 Å². The van der Waals surface area contributed by atoms with E-state index in [1.54, 1.807) is 7.11 Å². The number of hydrogen-bond acceptors (Lipinski definition) is 4. The Morgan fingerprint density at radius 1 is 0.964 bits per heavy atom. The zero-order valence-electron chi connectivity index (χ0n) is 16.6. The largest absolute Gasteiger partial charge is 0.497 e. The van der Waals surface area contributed by atoms with E-state index in [0.29, 0.717) is 0 Å². The lowest BCUT2D eigenvalue weighted by molar-refractivity contribution is 0.415. The molecule has 2 aromatic heterocycles. The van der Waals surface area contributed by atoms with Crippen LogP contribution in [0.2, 0.25) is 0 Å². The van der Waals surface area contributed by atoms with Crippen molar-refractivity contribution in [3.8, 4) is 16.9 Å². The quantitative estimate of drug-likeness (QED) is 0.518. The lowest BCUT2D eigenvalue weighted by Crippen LogP contribution is -2.16. The molecule has 4 rings (SSSR count). The summed E-state index contributed by atoms with van der Waals surface area (Å²) >= 11 is 0.